The molecular formula is C16H18N2O4. The number of aromatic amines is 1. The van der Waals surface area contributed by atoms with Gasteiger partial charge >= 0.3 is 0 Å². The van der Waals surface area contributed by atoms with E-state index in [0.717, 1.165) is 11.3 Å². The Morgan fingerprint density at radius 1 is 1.32 bits per heavy atom. The minimum absolute atomic E-state index is 0.124. The number of hydrogen-bond donors (Lipinski definition) is 3. The lowest BCUT2D eigenvalue weighted by Gasteiger charge is -2.07. The summed E-state index contributed by atoms with van der Waals surface area (Å²) >= 11 is 0. The van der Waals surface area contributed by atoms with E-state index in [1.807, 2.05) is 0 Å². The molecule has 0 saturated carbocycles. The molecule has 2 rings (SSSR count). The van der Waals surface area contributed by atoms with Gasteiger partial charge in [-0.3, -0.25) is 9.59 Å². The number of pyridine rings is 1. The Morgan fingerprint density at radius 3 is 2.73 bits per heavy atom. The number of rotatable bonds is 6. The molecule has 0 bridgehead atoms. The molecule has 0 atom stereocenters. The maximum absolute atomic E-state index is 11.7. The van der Waals surface area contributed by atoms with Gasteiger partial charge in [-0.1, -0.05) is 12.1 Å². The lowest BCUT2D eigenvalue weighted by molar-refractivity contribution is -0.123. The molecule has 22 heavy (non-hydrogen) atoms. The Hall–Kier alpha value is -2.76. The molecule has 3 N–H and O–H groups in total. The maximum Gasteiger partial charge on any atom is 0.257 e. The van der Waals surface area contributed by atoms with Crippen LogP contribution in [-0.2, 0) is 11.2 Å². The SMILES string of the molecule is Cc1cc(=O)c(OCC(=O)NCCc2ccc(O)cc2)c[nH]1. The number of H-pyrrole nitrogens is 1. The van der Waals surface area contributed by atoms with Crippen LogP contribution in [-0.4, -0.2) is 29.1 Å². The van der Waals surface area contributed by atoms with Crippen molar-refractivity contribution in [1.29, 1.82) is 0 Å². The van der Waals surface area contributed by atoms with Crippen LogP contribution in [0.3, 0.4) is 0 Å². The van der Waals surface area contributed by atoms with Gasteiger partial charge in [-0.25, -0.2) is 0 Å². The van der Waals surface area contributed by atoms with Crippen LogP contribution in [0.1, 0.15) is 11.3 Å². The number of aryl methyl sites for hydroxylation is 1. The van der Waals surface area contributed by atoms with Gasteiger partial charge in [0.25, 0.3) is 5.91 Å². The summed E-state index contributed by atoms with van der Waals surface area (Å²) < 4.78 is 5.18. The number of amides is 1. The third-order valence-corrected chi connectivity index (χ3v) is 3.05. The Kier molecular flexibility index (Phi) is 5.19. The number of ether oxygens (including phenoxy) is 1. The highest BCUT2D eigenvalue weighted by Crippen LogP contribution is 2.09. The summed E-state index contributed by atoms with van der Waals surface area (Å²) in [6.45, 7) is 2.01. The summed E-state index contributed by atoms with van der Waals surface area (Å²) in [5.74, 6) is 0.0440. The number of nitrogens with one attached hydrogen (secondary N) is 2. The number of phenolic OH excluding ortho intramolecular Hbond substituents is 1. The van der Waals surface area contributed by atoms with E-state index in [1.165, 1.54) is 12.3 Å². The third kappa shape index (κ3) is 4.66. The first-order valence-corrected chi connectivity index (χ1v) is 6.91. The molecule has 0 fully saturated rings. The average Bonchev–Trinajstić information content (AvgIpc) is 2.48. The summed E-state index contributed by atoms with van der Waals surface area (Å²) in [5, 5.41) is 11.9. The largest absolute Gasteiger partial charge is 0.508 e. The Labute approximate surface area is 127 Å². The Morgan fingerprint density at radius 2 is 2.05 bits per heavy atom. The lowest BCUT2D eigenvalue weighted by Crippen LogP contribution is -2.31. The first kappa shape index (κ1) is 15.6. The number of aromatic hydroxyl groups is 1. The van der Waals surface area contributed by atoms with E-state index < -0.39 is 0 Å². The fourth-order valence-corrected chi connectivity index (χ4v) is 1.88. The number of benzene rings is 1. The molecule has 2 aromatic rings. The van der Waals surface area contributed by atoms with Crippen LogP contribution in [0.15, 0.2) is 41.3 Å². The molecule has 0 saturated heterocycles. The second-order valence-electron chi connectivity index (χ2n) is 4.90. The molecule has 0 unspecified atom stereocenters. The van der Waals surface area contributed by atoms with Gasteiger partial charge in [0.1, 0.15) is 5.75 Å². The molecule has 0 aliphatic heterocycles. The van der Waals surface area contributed by atoms with Gasteiger partial charge in [-0.2, -0.15) is 0 Å². The van der Waals surface area contributed by atoms with Crippen LogP contribution in [0.5, 0.6) is 11.5 Å². The van der Waals surface area contributed by atoms with E-state index in [4.69, 9.17) is 4.74 Å². The second kappa shape index (κ2) is 7.31. The average molecular weight is 302 g/mol. The molecule has 6 nitrogen and oxygen atoms in total. The van der Waals surface area contributed by atoms with Crippen molar-refractivity contribution in [3.05, 3.63) is 58.0 Å². The fraction of sp³-hybridized carbons (Fsp3) is 0.250. The summed E-state index contributed by atoms with van der Waals surface area (Å²) in [4.78, 5) is 26.1. The minimum Gasteiger partial charge on any atom is -0.508 e. The monoisotopic (exact) mass is 302 g/mol. The zero-order valence-corrected chi connectivity index (χ0v) is 12.3. The number of carbonyl (C=O) groups excluding carboxylic acids is 1. The highest BCUT2D eigenvalue weighted by atomic mass is 16.5. The molecular weight excluding hydrogens is 284 g/mol. The quantitative estimate of drug-likeness (QED) is 0.746. The van der Waals surface area contributed by atoms with Crippen LogP contribution in [0.25, 0.3) is 0 Å². The van der Waals surface area contributed by atoms with Gasteiger partial charge in [0, 0.05) is 24.5 Å². The Bertz CT molecular complexity index is 692. The highest BCUT2D eigenvalue weighted by molar-refractivity contribution is 5.77. The van der Waals surface area contributed by atoms with Crippen molar-refractivity contribution in [2.75, 3.05) is 13.2 Å². The fourth-order valence-electron chi connectivity index (χ4n) is 1.88. The number of phenols is 1. The maximum atomic E-state index is 11.7. The van der Waals surface area contributed by atoms with Gasteiger partial charge < -0.3 is 20.1 Å². The highest BCUT2D eigenvalue weighted by Gasteiger charge is 2.05. The molecule has 1 heterocycles. The lowest BCUT2D eigenvalue weighted by atomic mass is 10.1. The van der Waals surface area contributed by atoms with Crippen molar-refractivity contribution in [2.45, 2.75) is 13.3 Å². The molecule has 1 aromatic heterocycles. The predicted molar refractivity (Wildman–Crippen MR) is 82.1 cm³/mol. The molecule has 1 amide bonds. The van der Waals surface area contributed by atoms with E-state index >= 15 is 0 Å². The number of carbonyl (C=O) groups is 1. The van der Waals surface area contributed by atoms with E-state index in [2.05, 4.69) is 10.3 Å². The minimum atomic E-state index is -0.293. The van der Waals surface area contributed by atoms with E-state index in [0.29, 0.717) is 13.0 Å². The van der Waals surface area contributed by atoms with Crippen LogP contribution in [0.4, 0.5) is 0 Å². The molecule has 1 aromatic carbocycles. The van der Waals surface area contributed by atoms with Gasteiger partial charge in [-0.05, 0) is 31.0 Å². The van der Waals surface area contributed by atoms with Crippen molar-refractivity contribution in [2.24, 2.45) is 0 Å². The van der Waals surface area contributed by atoms with Crippen molar-refractivity contribution >= 4 is 5.91 Å². The first-order valence-electron chi connectivity index (χ1n) is 6.91. The normalized spacial score (nSPS) is 10.2. The van der Waals surface area contributed by atoms with Crippen molar-refractivity contribution < 1.29 is 14.6 Å². The van der Waals surface area contributed by atoms with E-state index in [9.17, 15) is 14.7 Å². The molecule has 6 heteroatoms. The third-order valence-electron chi connectivity index (χ3n) is 3.05. The van der Waals surface area contributed by atoms with Crippen LogP contribution < -0.4 is 15.5 Å². The standard InChI is InChI=1S/C16H18N2O4/c1-11-8-14(20)15(9-18-11)22-10-16(21)17-7-6-12-2-4-13(19)5-3-12/h2-5,8-9,19H,6-7,10H2,1H3,(H,17,21)(H,18,20). The molecule has 0 aliphatic carbocycles. The summed E-state index contributed by atoms with van der Waals surface area (Å²) in [5.41, 5.74) is 1.48. The smallest absolute Gasteiger partial charge is 0.257 e. The summed E-state index contributed by atoms with van der Waals surface area (Å²) in [7, 11) is 0. The zero-order valence-electron chi connectivity index (χ0n) is 12.3. The van der Waals surface area contributed by atoms with E-state index in [1.54, 1.807) is 31.2 Å². The molecule has 0 radical (unpaired) electrons. The van der Waals surface area contributed by atoms with Gasteiger partial charge in [0.15, 0.2) is 12.4 Å². The topological polar surface area (TPSA) is 91.4 Å². The molecule has 0 spiro atoms. The number of hydrogen-bond acceptors (Lipinski definition) is 4. The predicted octanol–water partition coefficient (Wildman–Crippen LogP) is 1.13. The summed E-state index contributed by atoms with van der Waals surface area (Å²) in [6, 6.07) is 8.21. The van der Waals surface area contributed by atoms with Crippen molar-refractivity contribution in [3.8, 4) is 11.5 Å². The molecule has 116 valence electrons. The van der Waals surface area contributed by atoms with Crippen LogP contribution in [0, 0.1) is 6.92 Å². The van der Waals surface area contributed by atoms with E-state index in [-0.39, 0.29) is 29.4 Å². The van der Waals surface area contributed by atoms with Gasteiger partial charge in [0.05, 0.1) is 0 Å². The van der Waals surface area contributed by atoms with Crippen LogP contribution >= 0.6 is 0 Å². The zero-order chi connectivity index (χ0) is 15.9. The molecule has 0 aliphatic rings. The number of aromatic nitrogens is 1. The van der Waals surface area contributed by atoms with Crippen molar-refractivity contribution in [3.63, 3.8) is 0 Å². The second-order valence-corrected chi connectivity index (χ2v) is 4.90. The van der Waals surface area contributed by atoms with Gasteiger partial charge in [0.2, 0.25) is 5.43 Å². The van der Waals surface area contributed by atoms with Crippen LogP contribution in [0.2, 0.25) is 0 Å². The first-order chi connectivity index (χ1) is 10.5. The van der Waals surface area contributed by atoms with Crippen molar-refractivity contribution in [1.82, 2.24) is 10.3 Å². The Balaban J connectivity index is 1.74. The van der Waals surface area contributed by atoms with Gasteiger partial charge in [-0.15, -0.1) is 0 Å². The summed E-state index contributed by atoms with van der Waals surface area (Å²) in [6.07, 6.45) is 2.10.